The van der Waals surface area contributed by atoms with Crippen molar-refractivity contribution in [2.45, 2.75) is 0 Å². The van der Waals surface area contributed by atoms with Crippen molar-refractivity contribution < 1.29 is 23.0 Å². The molecule has 0 saturated carbocycles. The van der Waals surface area contributed by atoms with E-state index >= 15 is 0 Å². The van der Waals surface area contributed by atoms with Gasteiger partial charge in [-0.3, -0.25) is 9.71 Å². The smallest absolute Gasteiger partial charge is 0.253 e. The minimum Gasteiger partial charge on any atom is -0.502 e. The zero-order valence-electron chi connectivity index (χ0n) is 11.4. The number of hydrogen-bond donors (Lipinski definition) is 3. The summed E-state index contributed by atoms with van der Waals surface area (Å²) in [4.78, 5) is 4.19. The van der Waals surface area contributed by atoms with Gasteiger partial charge in [-0.15, -0.1) is 0 Å². The largest absolute Gasteiger partial charge is 0.502 e. The Balaban J connectivity index is 2.22. The van der Waals surface area contributed by atoms with Crippen LogP contribution in [0.2, 0.25) is 0 Å². The molecule has 0 aliphatic rings. The Bertz CT molecular complexity index is 957. The lowest BCUT2D eigenvalue weighted by Crippen LogP contribution is -2.08. The number of aromatic nitrogens is 1. The average molecular weight is 320 g/mol. The molecule has 2 aromatic heterocycles. The lowest BCUT2D eigenvalue weighted by atomic mass is 10.1. The summed E-state index contributed by atoms with van der Waals surface area (Å²) in [5.74, 6) is -1.68. The highest BCUT2D eigenvalue weighted by atomic mass is 32.2. The number of fused-ring (bicyclic) bond motifs is 1. The number of anilines is 1. The maximum absolute atomic E-state index is 11.2. The molecule has 0 bridgehead atoms. The highest BCUT2D eigenvalue weighted by Gasteiger charge is 2.23. The highest BCUT2D eigenvalue weighted by molar-refractivity contribution is 7.92. The first kappa shape index (κ1) is 14.2. The molecule has 3 N–H and O–H groups in total. The molecule has 2 heterocycles. The van der Waals surface area contributed by atoms with E-state index in [1.54, 1.807) is 24.3 Å². The van der Waals surface area contributed by atoms with Crippen LogP contribution in [-0.4, -0.2) is 29.9 Å². The number of hydrogen-bond acceptors (Lipinski definition) is 6. The van der Waals surface area contributed by atoms with Gasteiger partial charge in [-0.25, -0.2) is 8.42 Å². The van der Waals surface area contributed by atoms with Crippen molar-refractivity contribution >= 4 is 26.8 Å². The Kier molecular flexibility index (Phi) is 3.18. The van der Waals surface area contributed by atoms with E-state index < -0.39 is 27.4 Å². The van der Waals surface area contributed by atoms with Crippen molar-refractivity contribution in [2.24, 2.45) is 0 Å². The molecule has 8 heteroatoms. The molecule has 114 valence electrons. The molecule has 3 aromatic rings. The summed E-state index contributed by atoms with van der Waals surface area (Å²) < 4.78 is 29.8. The fourth-order valence-corrected chi connectivity index (χ4v) is 2.60. The van der Waals surface area contributed by atoms with Gasteiger partial charge in [-0.2, -0.15) is 0 Å². The van der Waals surface area contributed by atoms with E-state index in [1.807, 2.05) is 10.8 Å². The van der Waals surface area contributed by atoms with E-state index in [-0.39, 0.29) is 5.76 Å². The fourth-order valence-electron chi connectivity index (χ4n) is 2.13. The van der Waals surface area contributed by atoms with Crippen molar-refractivity contribution in [3.8, 4) is 22.8 Å². The molecule has 0 aliphatic heterocycles. The Morgan fingerprint density at radius 1 is 1.14 bits per heavy atom. The molecule has 0 atom stereocenters. The van der Waals surface area contributed by atoms with Gasteiger partial charge >= 0.3 is 0 Å². The number of sulfonamides is 1. The maximum Gasteiger partial charge on any atom is 0.253 e. The second-order valence-electron chi connectivity index (χ2n) is 4.71. The SMILES string of the molecule is CS(=O)(=O)Nc1oc(-c2ccnc3ccccc23)c(O)c1O. The standard InChI is InChI=1S/C14H12N2O5S/c1-22(19,20)16-14-12(18)11(17)13(21-14)9-6-7-15-10-5-3-2-4-8(9)10/h2-7,16-18H,1H3. The van der Waals surface area contributed by atoms with Crippen molar-refractivity contribution in [1.29, 1.82) is 0 Å². The summed E-state index contributed by atoms with van der Waals surface area (Å²) >= 11 is 0. The Hall–Kier alpha value is -2.74. The number of para-hydroxylation sites is 1. The third-order valence-electron chi connectivity index (χ3n) is 3.03. The lowest BCUT2D eigenvalue weighted by molar-refractivity contribution is 0.410. The van der Waals surface area contributed by atoms with Gasteiger partial charge in [-0.05, 0) is 12.1 Å². The second kappa shape index (κ2) is 4.92. The number of nitrogens with zero attached hydrogens (tertiary/aromatic N) is 1. The van der Waals surface area contributed by atoms with Crippen LogP contribution >= 0.6 is 0 Å². The topological polar surface area (TPSA) is 113 Å². The number of nitrogens with one attached hydrogen (secondary N) is 1. The first-order valence-corrected chi connectivity index (χ1v) is 8.12. The summed E-state index contributed by atoms with van der Waals surface area (Å²) in [5.41, 5.74) is 1.16. The van der Waals surface area contributed by atoms with Crippen LogP contribution < -0.4 is 4.72 Å². The molecule has 0 unspecified atom stereocenters. The van der Waals surface area contributed by atoms with Crippen molar-refractivity contribution in [2.75, 3.05) is 11.0 Å². The first-order chi connectivity index (χ1) is 10.4. The van der Waals surface area contributed by atoms with E-state index in [0.717, 1.165) is 6.26 Å². The average Bonchev–Trinajstić information content (AvgIpc) is 2.73. The fraction of sp³-hybridized carbons (Fsp3) is 0.0714. The number of furan rings is 1. The summed E-state index contributed by atoms with van der Waals surface area (Å²) in [6.07, 6.45) is 2.44. The number of benzene rings is 1. The van der Waals surface area contributed by atoms with Gasteiger partial charge in [0, 0.05) is 17.1 Å². The number of aromatic hydroxyl groups is 2. The lowest BCUT2D eigenvalue weighted by Gasteiger charge is -2.03. The van der Waals surface area contributed by atoms with E-state index in [0.29, 0.717) is 16.5 Å². The summed E-state index contributed by atoms with van der Waals surface area (Å²) in [6, 6.07) is 8.78. The van der Waals surface area contributed by atoms with Crippen LogP contribution in [0.3, 0.4) is 0 Å². The van der Waals surface area contributed by atoms with Gasteiger partial charge in [0.2, 0.25) is 21.5 Å². The quantitative estimate of drug-likeness (QED) is 0.682. The molecule has 0 saturated heterocycles. The Labute approximate surface area is 125 Å². The van der Waals surface area contributed by atoms with E-state index in [4.69, 9.17) is 4.42 Å². The van der Waals surface area contributed by atoms with Gasteiger partial charge in [-0.1, -0.05) is 18.2 Å². The zero-order valence-corrected chi connectivity index (χ0v) is 12.3. The van der Waals surface area contributed by atoms with Gasteiger partial charge in [0.15, 0.2) is 5.76 Å². The van der Waals surface area contributed by atoms with Crippen LogP contribution in [0.5, 0.6) is 11.5 Å². The second-order valence-corrected chi connectivity index (χ2v) is 6.46. The molecule has 0 aliphatic carbocycles. The van der Waals surface area contributed by atoms with Gasteiger partial charge in [0.25, 0.3) is 5.88 Å². The van der Waals surface area contributed by atoms with Gasteiger partial charge < -0.3 is 14.6 Å². The van der Waals surface area contributed by atoms with Gasteiger partial charge in [0.05, 0.1) is 11.8 Å². The van der Waals surface area contributed by atoms with Crippen LogP contribution in [0, 0.1) is 0 Å². The minimum absolute atomic E-state index is 0.0396. The van der Waals surface area contributed by atoms with E-state index in [2.05, 4.69) is 4.98 Å². The molecule has 0 radical (unpaired) electrons. The van der Waals surface area contributed by atoms with Crippen LogP contribution in [0.15, 0.2) is 40.9 Å². The Morgan fingerprint density at radius 3 is 2.59 bits per heavy atom. The molecule has 1 aromatic carbocycles. The molecule has 22 heavy (non-hydrogen) atoms. The summed E-state index contributed by atoms with van der Waals surface area (Å²) in [5, 5.41) is 20.6. The van der Waals surface area contributed by atoms with Crippen LogP contribution in [0.25, 0.3) is 22.2 Å². The molecule has 3 rings (SSSR count). The van der Waals surface area contributed by atoms with Crippen LogP contribution in [0.4, 0.5) is 5.88 Å². The minimum atomic E-state index is -3.65. The number of pyridine rings is 1. The Morgan fingerprint density at radius 2 is 1.86 bits per heavy atom. The van der Waals surface area contributed by atoms with Crippen molar-refractivity contribution in [3.05, 3.63) is 36.5 Å². The van der Waals surface area contributed by atoms with Crippen molar-refractivity contribution in [1.82, 2.24) is 4.98 Å². The molecule has 0 amide bonds. The zero-order chi connectivity index (χ0) is 15.9. The van der Waals surface area contributed by atoms with Crippen LogP contribution in [-0.2, 0) is 10.0 Å². The molecular formula is C14H12N2O5S. The van der Waals surface area contributed by atoms with E-state index in [9.17, 15) is 18.6 Å². The highest BCUT2D eigenvalue weighted by Crippen LogP contribution is 2.46. The third-order valence-corrected chi connectivity index (χ3v) is 3.59. The summed E-state index contributed by atoms with van der Waals surface area (Å²) in [7, 11) is -3.65. The predicted octanol–water partition coefficient (Wildman–Crippen LogP) is 2.28. The van der Waals surface area contributed by atoms with E-state index in [1.165, 1.54) is 6.20 Å². The molecule has 0 fully saturated rings. The molecule has 0 spiro atoms. The number of rotatable bonds is 3. The van der Waals surface area contributed by atoms with Crippen molar-refractivity contribution in [3.63, 3.8) is 0 Å². The normalized spacial score (nSPS) is 11.7. The third kappa shape index (κ3) is 2.44. The monoisotopic (exact) mass is 320 g/mol. The molecule has 7 nitrogen and oxygen atoms in total. The maximum atomic E-state index is 11.2. The predicted molar refractivity (Wildman–Crippen MR) is 81.2 cm³/mol. The summed E-state index contributed by atoms with van der Waals surface area (Å²) in [6.45, 7) is 0. The first-order valence-electron chi connectivity index (χ1n) is 6.23. The van der Waals surface area contributed by atoms with Gasteiger partial charge in [0.1, 0.15) is 0 Å². The molecular weight excluding hydrogens is 308 g/mol. The van der Waals surface area contributed by atoms with Crippen LogP contribution in [0.1, 0.15) is 0 Å².